The highest BCUT2D eigenvalue weighted by Gasteiger charge is 2.27. The predicted molar refractivity (Wildman–Crippen MR) is 82.8 cm³/mol. The Balaban J connectivity index is 2.69. The van der Waals surface area contributed by atoms with Crippen molar-refractivity contribution in [2.24, 2.45) is 17.1 Å². The van der Waals surface area contributed by atoms with Crippen LogP contribution in [0.5, 0.6) is 5.75 Å². The lowest BCUT2D eigenvalue weighted by Gasteiger charge is -2.25. The van der Waals surface area contributed by atoms with Crippen LogP contribution < -0.4 is 15.8 Å². The minimum absolute atomic E-state index is 0.182. The molecule has 0 heterocycles. The fraction of sp³-hybridized carbons (Fsp3) is 0.562. The van der Waals surface area contributed by atoms with Crippen molar-refractivity contribution in [1.82, 2.24) is 0 Å². The molecule has 4 heteroatoms. The van der Waals surface area contributed by atoms with E-state index in [0.717, 1.165) is 5.75 Å². The van der Waals surface area contributed by atoms with Crippen LogP contribution in [0.1, 0.15) is 34.6 Å². The van der Waals surface area contributed by atoms with Crippen molar-refractivity contribution in [2.45, 2.75) is 40.7 Å². The number of ether oxygens (including phenoxy) is 1. The van der Waals surface area contributed by atoms with E-state index in [2.05, 4.69) is 19.2 Å². The molecule has 0 aliphatic rings. The van der Waals surface area contributed by atoms with E-state index >= 15 is 0 Å². The predicted octanol–water partition coefficient (Wildman–Crippen LogP) is 3.03. The maximum absolute atomic E-state index is 12.1. The Labute approximate surface area is 121 Å². The van der Waals surface area contributed by atoms with E-state index < -0.39 is 6.04 Å². The summed E-state index contributed by atoms with van der Waals surface area (Å²) in [5.41, 5.74) is 6.37. The molecule has 0 fully saturated rings. The summed E-state index contributed by atoms with van der Waals surface area (Å²) < 4.78 is 5.63. The van der Waals surface area contributed by atoms with E-state index in [4.69, 9.17) is 10.5 Å². The van der Waals surface area contributed by atoms with Gasteiger partial charge in [0.05, 0.1) is 12.6 Å². The van der Waals surface area contributed by atoms with Gasteiger partial charge in [-0.05, 0) is 23.5 Å². The summed E-state index contributed by atoms with van der Waals surface area (Å²) >= 11 is 0. The van der Waals surface area contributed by atoms with Crippen LogP contribution in [0.15, 0.2) is 24.3 Å². The van der Waals surface area contributed by atoms with Gasteiger partial charge < -0.3 is 15.8 Å². The molecule has 0 spiro atoms. The van der Waals surface area contributed by atoms with E-state index in [1.165, 1.54) is 0 Å². The highest BCUT2D eigenvalue weighted by molar-refractivity contribution is 5.95. The van der Waals surface area contributed by atoms with Crippen molar-refractivity contribution in [3.05, 3.63) is 24.3 Å². The maximum atomic E-state index is 12.1. The number of benzene rings is 1. The molecule has 0 bridgehead atoms. The molecule has 0 aromatic heterocycles. The van der Waals surface area contributed by atoms with Crippen LogP contribution >= 0.6 is 0 Å². The van der Waals surface area contributed by atoms with Crippen molar-refractivity contribution >= 4 is 11.6 Å². The van der Waals surface area contributed by atoms with Gasteiger partial charge in [-0.2, -0.15) is 0 Å². The maximum Gasteiger partial charge on any atom is 0.241 e. The number of rotatable bonds is 5. The van der Waals surface area contributed by atoms with Crippen molar-refractivity contribution in [3.8, 4) is 5.75 Å². The van der Waals surface area contributed by atoms with Gasteiger partial charge in [-0.3, -0.25) is 4.79 Å². The fourth-order valence-corrected chi connectivity index (χ4v) is 1.54. The number of hydrogen-bond donors (Lipinski definition) is 2. The summed E-state index contributed by atoms with van der Waals surface area (Å²) in [5.74, 6) is 1.03. The number of anilines is 1. The van der Waals surface area contributed by atoms with Gasteiger partial charge in [-0.25, -0.2) is 0 Å². The molecule has 1 unspecified atom stereocenters. The van der Waals surface area contributed by atoms with Crippen LogP contribution in [0.25, 0.3) is 0 Å². The van der Waals surface area contributed by atoms with E-state index in [0.29, 0.717) is 18.2 Å². The third kappa shape index (κ3) is 5.21. The molecule has 1 atom stereocenters. The number of carbonyl (C=O) groups excluding carboxylic acids is 1. The molecule has 1 aromatic rings. The first-order chi connectivity index (χ1) is 9.20. The van der Waals surface area contributed by atoms with Gasteiger partial charge in [0.25, 0.3) is 0 Å². The molecule has 0 saturated carbocycles. The molecule has 4 nitrogen and oxygen atoms in total. The molecule has 1 aromatic carbocycles. The fourth-order valence-electron chi connectivity index (χ4n) is 1.54. The summed E-state index contributed by atoms with van der Waals surface area (Å²) in [7, 11) is 0. The average Bonchev–Trinajstić information content (AvgIpc) is 2.34. The first-order valence-electron chi connectivity index (χ1n) is 6.99. The van der Waals surface area contributed by atoms with E-state index in [1.54, 1.807) is 0 Å². The summed E-state index contributed by atoms with van der Waals surface area (Å²) in [6.07, 6.45) is 0. The normalized spacial score (nSPS) is 13.2. The molecule has 0 saturated heterocycles. The monoisotopic (exact) mass is 278 g/mol. The Morgan fingerprint density at radius 3 is 2.55 bits per heavy atom. The first-order valence-corrected chi connectivity index (χ1v) is 6.99. The highest BCUT2D eigenvalue weighted by Crippen LogP contribution is 2.21. The summed E-state index contributed by atoms with van der Waals surface area (Å²) in [5, 5.41) is 2.83. The van der Waals surface area contributed by atoms with Crippen LogP contribution in [-0.2, 0) is 4.79 Å². The Kier molecular flexibility index (Phi) is 5.57. The zero-order valence-electron chi connectivity index (χ0n) is 13.1. The molecule has 112 valence electrons. The van der Waals surface area contributed by atoms with Gasteiger partial charge >= 0.3 is 0 Å². The smallest absolute Gasteiger partial charge is 0.241 e. The lowest BCUT2D eigenvalue weighted by molar-refractivity contribution is -0.119. The van der Waals surface area contributed by atoms with Gasteiger partial charge in [-0.15, -0.1) is 0 Å². The second kappa shape index (κ2) is 6.75. The topological polar surface area (TPSA) is 64.3 Å². The third-order valence-corrected chi connectivity index (χ3v) is 2.90. The summed E-state index contributed by atoms with van der Waals surface area (Å²) in [4.78, 5) is 12.1. The number of nitrogens with two attached hydrogens (primary N) is 1. The SMILES string of the molecule is CC(C)COc1cccc(NC(=O)C(N)C(C)(C)C)c1. The number of carbonyl (C=O) groups is 1. The molecule has 0 aliphatic heterocycles. The van der Waals surface area contributed by atoms with Crippen LogP contribution in [0, 0.1) is 11.3 Å². The zero-order chi connectivity index (χ0) is 15.3. The molecular weight excluding hydrogens is 252 g/mol. The second-order valence-corrected chi connectivity index (χ2v) is 6.57. The van der Waals surface area contributed by atoms with Gasteiger partial charge in [0.15, 0.2) is 0 Å². The lowest BCUT2D eigenvalue weighted by atomic mass is 9.87. The molecule has 1 amide bonds. The number of nitrogens with one attached hydrogen (secondary N) is 1. The van der Waals surface area contributed by atoms with Gasteiger partial charge in [-0.1, -0.05) is 40.7 Å². The van der Waals surface area contributed by atoms with Crippen molar-refractivity contribution in [1.29, 1.82) is 0 Å². The van der Waals surface area contributed by atoms with Gasteiger partial charge in [0.1, 0.15) is 5.75 Å². The Bertz CT molecular complexity index is 450. The van der Waals surface area contributed by atoms with E-state index in [1.807, 2.05) is 45.0 Å². The van der Waals surface area contributed by atoms with Crippen LogP contribution in [0.3, 0.4) is 0 Å². The zero-order valence-corrected chi connectivity index (χ0v) is 13.1. The van der Waals surface area contributed by atoms with E-state index in [-0.39, 0.29) is 11.3 Å². The standard InChI is InChI=1S/C16H26N2O2/c1-11(2)10-20-13-8-6-7-12(9-13)18-15(19)14(17)16(3,4)5/h6-9,11,14H,10,17H2,1-5H3,(H,18,19). The molecule has 0 aliphatic carbocycles. The van der Waals surface area contributed by atoms with Crippen LogP contribution in [-0.4, -0.2) is 18.6 Å². The Morgan fingerprint density at radius 2 is 2.00 bits per heavy atom. The summed E-state index contributed by atoms with van der Waals surface area (Å²) in [6.45, 7) is 10.7. The Morgan fingerprint density at radius 1 is 1.35 bits per heavy atom. The molecule has 3 N–H and O–H groups in total. The molecule has 20 heavy (non-hydrogen) atoms. The van der Waals surface area contributed by atoms with E-state index in [9.17, 15) is 4.79 Å². The third-order valence-electron chi connectivity index (χ3n) is 2.90. The average molecular weight is 278 g/mol. The highest BCUT2D eigenvalue weighted by atomic mass is 16.5. The second-order valence-electron chi connectivity index (χ2n) is 6.57. The van der Waals surface area contributed by atoms with Crippen molar-refractivity contribution in [2.75, 3.05) is 11.9 Å². The summed E-state index contributed by atoms with van der Waals surface area (Å²) in [6, 6.07) is 6.82. The van der Waals surface area contributed by atoms with Crippen molar-refractivity contribution in [3.63, 3.8) is 0 Å². The van der Waals surface area contributed by atoms with Crippen molar-refractivity contribution < 1.29 is 9.53 Å². The minimum atomic E-state index is -0.553. The number of amides is 1. The van der Waals surface area contributed by atoms with Gasteiger partial charge in [0, 0.05) is 11.8 Å². The van der Waals surface area contributed by atoms with Gasteiger partial charge in [0.2, 0.25) is 5.91 Å². The van der Waals surface area contributed by atoms with Crippen LogP contribution in [0.4, 0.5) is 5.69 Å². The largest absolute Gasteiger partial charge is 0.493 e. The molecule has 1 rings (SSSR count). The van der Waals surface area contributed by atoms with Crippen LogP contribution in [0.2, 0.25) is 0 Å². The first kappa shape index (κ1) is 16.5. The number of hydrogen-bond acceptors (Lipinski definition) is 3. The minimum Gasteiger partial charge on any atom is -0.493 e. The Hall–Kier alpha value is -1.55. The molecular formula is C16H26N2O2. The lowest BCUT2D eigenvalue weighted by Crippen LogP contribution is -2.45. The quantitative estimate of drug-likeness (QED) is 0.870. The molecule has 0 radical (unpaired) electrons.